The molecule has 0 radical (unpaired) electrons. The fraction of sp³-hybridized carbons (Fsp3) is 0.167. The summed E-state index contributed by atoms with van der Waals surface area (Å²) in [6.07, 6.45) is 1.17. The Balaban J connectivity index is 1.87. The van der Waals surface area contributed by atoms with Crippen LogP contribution in [0.4, 0.5) is 4.39 Å². The summed E-state index contributed by atoms with van der Waals surface area (Å²) in [5.41, 5.74) is 3.04. The van der Waals surface area contributed by atoms with E-state index in [2.05, 4.69) is 5.10 Å². The molecule has 0 bridgehead atoms. The van der Waals surface area contributed by atoms with Crippen molar-refractivity contribution < 1.29 is 17.5 Å². The number of ether oxygens (including phenoxy) is 1. The fourth-order valence-corrected chi connectivity index (χ4v) is 3.54. The molecule has 5 nitrogen and oxygen atoms in total. The Kier molecular flexibility index (Phi) is 3.61. The normalized spacial score (nSPS) is 13.5. The van der Waals surface area contributed by atoms with Crippen molar-refractivity contribution in [2.24, 2.45) is 0 Å². The van der Waals surface area contributed by atoms with Crippen molar-refractivity contribution in [3.05, 3.63) is 54.3 Å². The van der Waals surface area contributed by atoms with E-state index in [1.165, 1.54) is 18.4 Å². The second-order valence-corrected chi connectivity index (χ2v) is 7.92. The number of benzene rings is 2. The van der Waals surface area contributed by atoms with Crippen LogP contribution in [0.1, 0.15) is 0 Å². The highest BCUT2D eigenvalue weighted by molar-refractivity contribution is 7.90. The van der Waals surface area contributed by atoms with Crippen molar-refractivity contribution >= 4 is 9.84 Å². The molecule has 0 saturated heterocycles. The summed E-state index contributed by atoms with van der Waals surface area (Å²) in [5, 5.41) is 4.60. The van der Waals surface area contributed by atoms with Gasteiger partial charge in [0.2, 0.25) is 5.88 Å². The molecule has 2 heterocycles. The molecule has 7 heteroatoms. The standard InChI is InChI=1S/C18H15FN2O3S/c1-25(22,23)15-8-4-13(5-9-15)17-16(12-2-6-14(19)7-3-12)18-21(20-17)10-11-24-18/h2-9H,10-11H2,1H3. The van der Waals surface area contributed by atoms with Crippen molar-refractivity contribution in [3.63, 3.8) is 0 Å². The van der Waals surface area contributed by atoms with Crippen molar-refractivity contribution in [1.82, 2.24) is 9.78 Å². The summed E-state index contributed by atoms with van der Waals surface area (Å²) in [7, 11) is -3.26. The van der Waals surface area contributed by atoms with Gasteiger partial charge in [0.05, 0.1) is 17.0 Å². The van der Waals surface area contributed by atoms with E-state index in [9.17, 15) is 12.8 Å². The average molecular weight is 358 g/mol. The fourth-order valence-electron chi connectivity index (χ4n) is 2.91. The first-order valence-electron chi connectivity index (χ1n) is 7.73. The molecule has 0 N–H and O–H groups in total. The lowest BCUT2D eigenvalue weighted by atomic mass is 10.0. The molecule has 25 heavy (non-hydrogen) atoms. The quantitative estimate of drug-likeness (QED) is 0.722. The van der Waals surface area contributed by atoms with Gasteiger partial charge in [-0.2, -0.15) is 5.10 Å². The van der Waals surface area contributed by atoms with Gasteiger partial charge < -0.3 is 4.74 Å². The average Bonchev–Trinajstić information content (AvgIpc) is 3.16. The van der Waals surface area contributed by atoms with Gasteiger partial charge in [0.1, 0.15) is 18.1 Å². The molecule has 0 amide bonds. The Bertz CT molecular complexity index is 1040. The summed E-state index contributed by atoms with van der Waals surface area (Å²) < 4.78 is 44.0. The number of aromatic nitrogens is 2. The minimum absolute atomic E-state index is 0.252. The monoisotopic (exact) mass is 358 g/mol. The van der Waals surface area contributed by atoms with Crippen LogP contribution < -0.4 is 4.74 Å². The van der Waals surface area contributed by atoms with E-state index in [1.807, 2.05) is 0 Å². The maximum Gasteiger partial charge on any atom is 0.220 e. The highest BCUT2D eigenvalue weighted by Crippen LogP contribution is 2.41. The van der Waals surface area contributed by atoms with Crippen LogP contribution in [0.2, 0.25) is 0 Å². The Hall–Kier alpha value is -2.67. The molecule has 0 unspecified atom stereocenters. The van der Waals surface area contributed by atoms with E-state index in [-0.39, 0.29) is 10.7 Å². The topological polar surface area (TPSA) is 61.2 Å². The van der Waals surface area contributed by atoms with Gasteiger partial charge in [0.15, 0.2) is 9.84 Å². The van der Waals surface area contributed by atoms with Crippen LogP contribution in [-0.4, -0.2) is 31.1 Å². The number of rotatable bonds is 3. The second-order valence-electron chi connectivity index (χ2n) is 5.90. The van der Waals surface area contributed by atoms with E-state index in [0.717, 1.165) is 16.7 Å². The summed E-state index contributed by atoms with van der Waals surface area (Å²) in [4.78, 5) is 0.252. The molecule has 0 spiro atoms. The third kappa shape index (κ3) is 2.80. The molecule has 3 aromatic rings. The van der Waals surface area contributed by atoms with Crippen molar-refractivity contribution in [2.45, 2.75) is 11.4 Å². The molecular formula is C18H15FN2O3S. The van der Waals surface area contributed by atoms with Crippen LogP contribution in [0.5, 0.6) is 5.88 Å². The highest BCUT2D eigenvalue weighted by Gasteiger charge is 2.25. The Morgan fingerprint density at radius 3 is 2.32 bits per heavy atom. The van der Waals surface area contributed by atoms with E-state index in [0.29, 0.717) is 24.7 Å². The van der Waals surface area contributed by atoms with E-state index in [4.69, 9.17) is 4.74 Å². The predicted octanol–water partition coefficient (Wildman–Crippen LogP) is 3.15. The Morgan fingerprint density at radius 2 is 1.68 bits per heavy atom. The zero-order valence-corrected chi connectivity index (χ0v) is 14.3. The molecule has 0 fully saturated rings. The van der Waals surface area contributed by atoms with Crippen LogP contribution in [0.3, 0.4) is 0 Å². The number of sulfone groups is 1. The maximum absolute atomic E-state index is 13.3. The van der Waals surface area contributed by atoms with Crippen molar-refractivity contribution in [2.75, 3.05) is 12.9 Å². The van der Waals surface area contributed by atoms with Crippen LogP contribution >= 0.6 is 0 Å². The van der Waals surface area contributed by atoms with Gasteiger partial charge in [0, 0.05) is 11.8 Å². The summed E-state index contributed by atoms with van der Waals surface area (Å²) >= 11 is 0. The first-order valence-corrected chi connectivity index (χ1v) is 9.63. The summed E-state index contributed by atoms with van der Waals surface area (Å²) in [5.74, 6) is 0.335. The molecule has 2 aromatic carbocycles. The van der Waals surface area contributed by atoms with Gasteiger partial charge in [-0.05, 0) is 29.8 Å². The number of nitrogens with zero attached hydrogens (tertiary/aromatic N) is 2. The molecule has 128 valence electrons. The van der Waals surface area contributed by atoms with Crippen molar-refractivity contribution in [3.8, 4) is 28.3 Å². The molecule has 4 rings (SSSR count). The van der Waals surface area contributed by atoms with E-state index >= 15 is 0 Å². The lowest BCUT2D eigenvalue weighted by Gasteiger charge is -2.06. The number of halogens is 1. The predicted molar refractivity (Wildman–Crippen MR) is 91.7 cm³/mol. The van der Waals surface area contributed by atoms with Gasteiger partial charge in [0.25, 0.3) is 0 Å². The number of fused-ring (bicyclic) bond motifs is 1. The third-order valence-electron chi connectivity index (χ3n) is 4.14. The highest BCUT2D eigenvalue weighted by atomic mass is 32.2. The maximum atomic E-state index is 13.3. The molecule has 0 aliphatic carbocycles. The largest absolute Gasteiger partial charge is 0.475 e. The molecule has 1 aliphatic rings. The molecule has 0 saturated carbocycles. The van der Waals surface area contributed by atoms with Gasteiger partial charge in [-0.25, -0.2) is 17.5 Å². The first kappa shape index (κ1) is 15.8. The van der Waals surface area contributed by atoms with E-state index in [1.54, 1.807) is 41.1 Å². The molecule has 1 aromatic heterocycles. The smallest absolute Gasteiger partial charge is 0.220 e. The van der Waals surface area contributed by atoms with Gasteiger partial charge in [-0.15, -0.1) is 0 Å². The molecular weight excluding hydrogens is 343 g/mol. The van der Waals surface area contributed by atoms with Crippen molar-refractivity contribution in [1.29, 1.82) is 0 Å². The number of hydrogen-bond donors (Lipinski definition) is 0. The van der Waals surface area contributed by atoms with Crippen LogP contribution in [0.25, 0.3) is 22.4 Å². The zero-order valence-electron chi connectivity index (χ0n) is 13.4. The van der Waals surface area contributed by atoms with Gasteiger partial charge in [-0.1, -0.05) is 24.3 Å². The van der Waals surface area contributed by atoms with E-state index < -0.39 is 9.84 Å². The zero-order chi connectivity index (χ0) is 17.6. The molecule has 1 aliphatic heterocycles. The minimum atomic E-state index is -3.26. The Morgan fingerprint density at radius 1 is 1.04 bits per heavy atom. The van der Waals surface area contributed by atoms with Gasteiger partial charge >= 0.3 is 0 Å². The summed E-state index contributed by atoms with van der Waals surface area (Å²) in [6, 6.07) is 12.7. The Labute approximate surface area is 144 Å². The lowest BCUT2D eigenvalue weighted by Crippen LogP contribution is -1.98. The third-order valence-corrected chi connectivity index (χ3v) is 5.26. The minimum Gasteiger partial charge on any atom is -0.475 e. The van der Waals surface area contributed by atoms with Crippen LogP contribution in [-0.2, 0) is 16.4 Å². The number of hydrogen-bond acceptors (Lipinski definition) is 4. The SMILES string of the molecule is CS(=O)(=O)c1ccc(-c2nn3c(c2-c2ccc(F)cc2)OCC3)cc1. The van der Waals surface area contributed by atoms with Gasteiger partial charge in [-0.3, -0.25) is 0 Å². The lowest BCUT2D eigenvalue weighted by molar-refractivity contribution is 0.358. The van der Waals surface area contributed by atoms with Crippen LogP contribution in [0, 0.1) is 5.82 Å². The van der Waals surface area contributed by atoms with Crippen LogP contribution in [0.15, 0.2) is 53.4 Å². The molecule has 0 atom stereocenters. The summed E-state index contributed by atoms with van der Waals surface area (Å²) in [6.45, 7) is 1.19. The first-order chi connectivity index (χ1) is 11.9. The second kappa shape index (κ2) is 5.70.